The smallest absolute Gasteiger partial charge is 0.278 e. The van der Waals surface area contributed by atoms with E-state index in [1.807, 2.05) is 0 Å². The summed E-state index contributed by atoms with van der Waals surface area (Å²) < 4.78 is 32.5. The number of nitrogens with one attached hydrogen (secondary N) is 1. The maximum Gasteiger partial charge on any atom is 0.278 e. The molecule has 1 unspecified atom stereocenters. The van der Waals surface area contributed by atoms with Gasteiger partial charge in [-0.15, -0.1) is 0 Å². The molecule has 76 valence electrons. The van der Waals surface area contributed by atoms with Crippen molar-refractivity contribution >= 4 is 0 Å². The van der Waals surface area contributed by atoms with Gasteiger partial charge >= 0.3 is 0 Å². The highest BCUT2D eigenvalue weighted by atomic mass is 19.3. The van der Waals surface area contributed by atoms with Crippen LogP contribution in [0.5, 0.6) is 0 Å². The molecule has 0 amide bonds. The predicted octanol–water partition coefficient (Wildman–Crippen LogP) is 1.55. The van der Waals surface area contributed by atoms with Crippen LogP contribution in [0.15, 0.2) is 0 Å². The molecule has 4 heteroatoms. The lowest BCUT2D eigenvalue weighted by Gasteiger charge is -2.45. The minimum atomic E-state index is -2.64. The standard InChI is InChI=1S/C9H15F2NO/c10-9(11)4-5-12-7-8(9)3-1-2-6-13-8/h12H,1-7H2. The summed E-state index contributed by atoms with van der Waals surface area (Å²) in [5, 5.41) is 3.00. The second-order valence-electron chi connectivity index (χ2n) is 3.93. The molecule has 1 atom stereocenters. The van der Waals surface area contributed by atoms with Gasteiger partial charge in [-0.05, 0) is 19.3 Å². The molecule has 2 saturated heterocycles. The van der Waals surface area contributed by atoms with Crippen molar-refractivity contribution < 1.29 is 13.5 Å². The van der Waals surface area contributed by atoms with E-state index in [-0.39, 0.29) is 6.42 Å². The summed E-state index contributed by atoms with van der Waals surface area (Å²) in [5.41, 5.74) is -1.19. The van der Waals surface area contributed by atoms with Crippen molar-refractivity contribution in [2.45, 2.75) is 37.2 Å². The largest absolute Gasteiger partial charge is 0.367 e. The van der Waals surface area contributed by atoms with Gasteiger partial charge in [0.15, 0.2) is 0 Å². The second kappa shape index (κ2) is 3.17. The summed E-state index contributed by atoms with van der Waals surface area (Å²) >= 11 is 0. The molecule has 2 nitrogen and oxygen atoms in total. The third kappa shape index (κ3) is 1.46. The lowest BCUT2D eigenvalue weighted by Crippen LogP contribution is -2.62. The molecule has 0 aromatic heterocycles. The quantitative estimate of drug-likeness (QED) is 0.627. The first kappa shape index (κ1) is 9.34. The zero-order valence-electron chi connectivity index (χ0n) is 7.61. The zero-order chi connectivity index (χ0) is 9.36. The average molecular weight is 191 g/mol. The third-order valence-electron chi connectivity index (χ3n) is 3.05. The Kier molecular flexibility index (Phi) is 2.28. The summed E-state index contributed by atoms with van der Waals surface area (Å²) in [6.45, 7) is 1.19. The maximum atomic E-state index is 13.6. The van der Waals surface area contributed by atoms with Crippen LogP contribution in [0.25, 0.3) is 0 Å². The van der Waals surface area contributed by atoms with Gasteiger partial charge in [0.25, 0.3) is 5.92 Å². The Morgan fingerprint density at radius 2 is 2.00 bits per heavy atom. The molecular weight excluding hydrogens is 176 g/mol. The number of piperidine rings is 1. The summed E-state index contributed by atoms with van der Waals surface area (Å²) in [6.07, 6.45) is 2.18. The molecule has 0 aromatic rings. The van der Waals surface area contributed by atoms with Gasteiger partial charge in [-0.1, -0.05) is 0 Å². The van der Waals surface area contributed by atoms with E-state index in [4.69, 9.17) is 4.74 Å². The monoisotopic (exact) mass is 191 g/mol. The Hall–Kier alpha value is -0.220. The molecule has 13 heavy (non-hydrogen) atoms. The number of ether oxygens (including phenoxy) is 1. The van der Waals surface area contributed by atoms with Crippen molar-refractivity contribution in [3.05, 3.63) is 0 Å². The van der Waals surface area contributed by atoms with Crippen molar-refractivity contribution in [3.8, 4) is 0 Å². The van der Waals surface area contributed by atoms with Crippen LogP contribution in [0.3, 0.4) is 0 Å². The van der Waals surface area contributed by atoms with Crippen molar-refractivity contribution in [1.82, 2.24) is 5.32 Å². The van der Waals surface area contributed by atoms with Gasteiger partial charge in [0.2, 0.25) is 0 Å². The van der Waals surface area contributed by atoms with Gasteiger partial charge in [-0.25, -0.2) is 8.78 Å². The highest BCUT2D eigenvalue weighted by Gasteiger charge is 2.56. The first-order chi connectivity index (χ1) is 6.16. The van der Waals surface area contributed by atoms with Gasteiger partial charge < -0.3 is 10.1 Å². The highest BCUT2D eigenvalue weighted by Crippen LogP contribution is 2.42. The normalized spacial score (nSPS) is 39.2. The number of rotatable bonds is 0. The minimum absolute atomic E-state index is 0.0903. The predicted molar refractivity (Wildman–Crippen MR) is 45.0 cm³/mol. The van der Waals surface area contributed by atoms with Crippen LogP contribution in [0.1, 0.15) is 25.7 Å². The van der Waals surface area contributed by atoms with Gasteiger partial charge in [0.05, 0.1) is 0 Å². The summed E-state index contributed by atoms with van der Waals surface area (Å²) in [6, 6.07) is 0. The molecule has 2 fully saturated rings. The maximum absolute atomic E-state index is 13.6. The van der Waals surface area contributed by atoms with Crippen LogP contribution in [-0.2, 0) is 4.74 Å². The molecule has 0 aliphatic carbocycles. The molecule has 0 saturated carbocycles. The van der Waals surface area contributed by atoms with Crippen LogP contribution < -0.4 is 5.32 Å². The third-order valence-corrected chi connectivity index (χ3v) is 3.05. The Morgan fingerprint density at radius 1 is 1.15 bits per heavy atom. The fourth-order valence-corrected chi connectivity index (χ4v) is 2.17. The minimum Gasteiger partial charge on any atom is -0.367 e. The van der Waals surface area contributed by atoms with E-state index < -0.39 is 11.5 Å². The van der Waals surface area contributed by atoms with E-state index in [2.05, 4.69) is 5.32 Å². The highest BCUT2D eigenvalue weighted by molar-refractivity contribution is 5.01. The second-order valence-corrected chi connectivity index (χ2v) is 3.93. The molecule has 1 N–H and O–H groups in total. The Balaban J connectivity index is 2.16. The van der Waals surface area contributed by atoms with Gasteiger partial charge in [0.1, 0.15) is 5.60 Å². The molecule has 0 bridgehead atoms. The first-order valence-corrected chi connectivity index (χ1v) is 4.89. The van der Waals surface area contributed by atoms with E-state index >= 15 is 0 Å². The van der Waals surface area contributed by atoms with Crippen LogP contribution in [0.2, 0.25) is 0 Å². The first-order valence-electron chi connectivity index (χ1n) is 4.89. The molecule has 2 rings (SSSR count). The molecule has 2 heterocycles. The average Bonchev–Trinajstić information content (AvgIpc) is 2.12. The van der Waals surface area contributed by atoms with E-state index in [0.717, 1.165) is 12.8 Å². The Bertz CT molecular complexity index is 182. The summed E-state index contributed by atoms with van der Waals surface area (Å²) in [4.78, 5) is 0. The van der Waals surface area contributed by atoms with E-state index in [1.54, 1.807) is 0 Å². The number of alkyl halides is 2. The van der Waals surface area contributed by atoms with E-state index in [0.29, 0.717) is 26.1 Å². The molecule has 0 aromatic carbocycles. The van der Waals surface area contributed by atoms with E-state index in [1.165, 1.54) is 0 Å². The number of halogens is 2. The van der Waals surface area contributed by atoms with Gasteiger partial charge in [-0.3, -0.25) is 0 Å². The fourth-order valence-electron chi connectivity index (χ4n) is 2.17. The van der Waals surface area contributed by atoms with Crippen LogP contribution in [0.4, 0.5) is 8.78 Å². The van der Waals surface area contributed by atoms with Crippen LogP contribution in [0, 0.1) is 0 Å². The van der Waals surface area contributed by atoms with Crippen molar-refractivity contribution in [2.75, 3.05) is 19.7 Å². The fraction of sp³-hybridized carbons (Fsp3) is 1.00. The number of hydrogen-bond donors (Lipinski definition) is 1. The van der Waals surface area contributed by atoms with Gasteiger partial charge in [-0.2, -0.15) is 0 Å². The van der Waals surface area contributed by atoms with E-state index in [9.17, 15) is 8.78 Å². The summed E-state index contributed by atoms with van der Waals surface area (Å²) in [7, 11) is 0. The van der Waals surface area contributed by atoms with Gasteiger partial charge in [0, 0.05) is 26.1 Å². The van der Waals surface area contributed by atoms with Crippen LogP contribution >= 0.6 is 0 Å². The molecule has 2 aliphatic heterocycles. The zero-order valence-corrected chi connectivity index (χ0v) is 7.61. The molecule has 1 spiro atoms. The van der Waals surface area contributed by atoms with Crippen molar-refractivity contribution in [1.29, 1.82) is 0 Å². The SMILES string of the molecule is FC1(F)CCNCC12CCCCO2. The molecule has 0 radical (unpaired) electrons. The van der Waals surface area contributed by atoms with Crippen molar-refractivity contribution in [2.24, 2.45) is 0 Å². The lowest BCUT2D eigenvalue weighted by atomic mass is 9.83. The topological polar surface area (TPSA) is 21.3 Å². The van der Waals surface area contributed by atoms with Crippen molar-refractivity contribution in [3.63, 3.8) is 0 Å². The number of hydrogen-bond acceptors (Lipinski definition) is 2. The van der Waals surface area contributed by atoms with Crippen LogP contribution in [-0.4, -0.2) is 31.2 Å². The molecular formula is C9H15F2NO. The molecule has 2 aliphatic rings. The Labute approximate surface area is 76.6 Å². The summed E-state index contributed by atoms with van der Waals surface area (Å²) in [5.74, 6) is -2.64. The lowest BCUT2D eigenvalue weighted by molar-refractivity contribution is -0.235. The Morgan fingerprint density at radius 3 is 2.62 bits per heavy atom.